The molecule has 0 aromatic carbocycles. The molecule has 0 radical (unpaired) electrons. The Hall–Kier alpha value is -0.570. The Labute approximate surface area is 124 Å². The zero-order valence-corrected chi connectivity index (χ0v) is 13.8. The predicted octanol–water partition coefficient (Wildman–Crippen LogP) is 3.90. The summed E-state index contributed by atoms with van der Waals surface area (Å²) in [6.07, 6.45) is 7.72. The Morgan fingerprint density at radius 3 is 2.50 bits per heavy atom. The molecule has 1 fully saturated rings. The van der Waals surface area contributed by atoms with Gasteiger partial charge in [-0.25, -0.2) is 0 Å². The van der Waals surface area contributed by atoms with Crippen molar-refractivity contribution >= 4 is 5.97 Å². The van der Waals surface area contributed by atoms with Crippen LogP contribution in [-0.2, 0) is 9.53 Å². The van der Waals surface area contributed by atoms with Gasteiger partial charge in [0, 0.05) is 6.04 Å². The van der Waals surface area contributed by atoms with Crippen molar-refractivity contribution in [2.75, 3.05) is 6.61 Å². The second-order valence-corrected chi connectivity index (χ2v) is 6.99. The third kappa shape index (κ3) is 4.47. The van der Waals surface area contributed by atoms with E-state index in [9.17, 15) is 4.79 Å². The lowest BCUT2D eigenvalue weighted by Gasteiger charge is -2.45. The summed E-state index contributed by atoms with van der Waals surface area (Å²) >= 11 is 0. The van der Waals surface area contributed by atoms with E-state index >= 15 is 0 Å². The van der Waals surface area contributed by atoms with Gasteiger partial charge >= 0.3 is 5.97 Å². The summed E-state index contributed by atoms with van der Waals surface area (Å²) in [5.41, 5.74) is 6.07. The number of carbonyl (C=O) groups excluding carboxylic acids is 1. The van der Waals surface area contributed by atoms with Gasteiger partial charge in [0.1, 0.15) is 0 Å². The topological polar surface area (TPSA) is 52.3 Å². The highest BCUT2D eigenvalue weighted by Gasteiger charge is 2.45. The van der Waals surface area contributed by atoms with Crippen LogP contribution in [0.1, 0.15) is 72.6 Å². The fraction of sp³-hybridized carbons (Fsp3) is 0.941. The van der Waals surface area contributed by atoms with Gasteiger partial charge in [-0.2, -0.15) is 0 Å². The zero-order chi connectivity index (χ0) is 15.2. The number of hydrogen-bond donors (Lipinski definition) is 1. The van der Waals surface area contributed by atoms with Gasteiger partial charge in [-0.15, -0.1) is 0 Å². The molecule has 0 bridgehead atoms. The summed E-state index contributed by atoms with van der Waals surface area (Å²) in [6.45, 7) is 9.26. The van der Waals surface area contributed by atoms with Crippen LogP contribution in [0.15, 0.2) is 0 Å². The highest BCUT2D eigenvalue weighted by Crippen LogP contribution is 2.44. The van der Waals surface area contributed by atoms with E-state index in [1.54, 1.807) is 0 Å². The highest BCUT2D eigenvalue weighted by molar-refractivity contribution is 5.73. The number of unbranched alkanes of at least 4 members (excludes halogenated alkanes) is 4. The maximum atomic E-state index is 12.3. The molecule has 1 rings (SSSR count). The first-order valence-electron chi connectivity index (χ1n) is 8.33. The number of nitrogens with two attached hydrogens (primary N) is 1. The Balaban J connectivity index is 2.35. The van der Waals surface area contributed by atoms with Crippen LogP contribution in [0.2, 0.25) is 0 Å². The monoisotopic (exact) mass is 283 g/mol. The quantitative estimate of drug-likeness (QED) is 0.569. The lowest BCUT2D eigenvalue weighted by atomic mass is 9.61. The van der Waals surface area contributed by atoms with E-state index in [0.29, 0.717) is 12.5 Å². The Morgan fingerprint density at radius 1 is 1.20 bits per heavy atom. The molecular weight excluding hydrogens is 250 g/mol. The summed E-state index contributed by atoms with van der Waals surface area (Å²) < 4.78 is 5.50. The van der Waals surface area contributed by atoms with E-state index in [4.69, 9.17) is 10.5 Å². The van der Waals surface area contributed by atoms with Crippen molar-refractivity contribution in [3.05, 3.63) is 0 Å². The second-order valence-electron chi connectivity index (χ2n) is 6.99. The molecule has 0 amide bonds. The van der Waals surface area contributed by atoms with E-state index in [1.165, 1.54) is 19.3 Å². The van der Waals surface area contributed by atoms with Gasteiger partial charge in [0.25, 0.3) is 0 Å². The molecule has 118 valence electrons. The number of hydrogen-bond acceptors (Lipinski definition) is 3. The average Bonchev–Trinajstić information content (AvgIpc) is 2.40. The van der Waals surface area contributed by atoms with Crippen molar-refractivity contribution in [2.24, 2.45) is 23.0 Å². The van der Waals surface area contributed by atoms with Crippen molar-refractivity contribution in [3.63, 3.8) is 0 Å². The molecule has 3 nitrogen and oxygen atoms in total. The Bertz CT molecular complexity index is 301. The van der Waals surface area contributed by atoms with Crippen LogP contribution in [0, 0.1) is 17.3 Å². The van der Waals surface area contributed by atoms with Crippen LogP contribution in [0.25, 0.3) is 0 Å². The molecule has 0 heterocycles. The standard InChI is InChI=1S/C17H33NO2/c1-5-6-7-8-9-12-20-16(19)14-10-11-15(18)13(2)17(14,3)4/h13-15H,5-12,18H2,1-4H3. The molecule has 0 spiro atoms. The molecule has 1 saturated carbocycles. The van der Waals surface area contributed by atoms with E-state index in [2.05, 4.69) is 27.7 Å². The normalized spacial score (nSPS) is 29.1. The molecule has 0 saturated heterocycles. The minimum absolute atomic E-state index is 0.00735. The zero-order valence-electron chi connectivity index (χ0n) is 13.8. The summed E-state index contributed by atoms with van der Waals surface area (Å²) in [4.78, 5) is 12.3. The van der Waals surface area contributed by atoms with E-state index in [0.717, 1.165) is 25.7 Å². The van der Waals surface area contributed by atoms with E-state index in [-0.39, 0.29) is 23.3 Å². The summed E-state index contributed by atoms with van der Waals surface area (Å²) in [5, 5.41) is 0. The number of ether oxygens (including phenoxy) is 1. The minimum Gasteiger partial charge on any atom is -0.465 e. The SMILES string of the molecule is CCCCCCCOC(=O)C1CCC(N)C(C)C1(C)C. The van der Waals surface area contributed by atoms with Crippen LogP contribution < -0.4 is 5.73 Å². The highest BCUT2D eigenvalue weighted by atomic mass is 16.5. The lowest BCUT2D eigenvalue weighted by Crippen LogP contribution is -2.49. The van der Waals surface area contributed by atoms with Gasteiger partial charge in [0.15, 0.2) is 0 Å². The molecule has 3 heteroatoms. The third-order valence-electron chi connectivity index (χ3n) is 5.28. The van der Waals surface area contributed by atoms with Crippen molar-refractivity contribution in [1.29, 1.82) is 0 Å². The average molecular weight is 283 g/mol. The Kier molecular flexibility index (Phi) is 7.01. The van der Waals surface area contributed by atoms with Crippen molar-refractivity contribution < 1.29 is 9.53 Å². The summed E-state index contributed by atoms with van der Waals surface area (Å²) in [5.74, 6) is 0.357. The fourth-order valence-corrected chi connectivity index (χ4v) is 3.25. The smallest absolute Gasteiger partial charge is 0.309 e. The van der Waals surface area contributed by atoms with Gasteiger partial charge in [0.2, 0.25) is 0 Å². The maximum absolute atomic E-state index is 12.3. The van der Waals surface area contributed by atoms with Crippen LogP contribution in [0.5, 0.6) is 0 Å². The molecule has 3 atom stereocenters. The van der Waals surface area contributed by atoms with Crippen LogP contribution in [-0.4, -0.2) is 18.6 Å². The van der Waals surface area contributed by atoms with Gasteiger partial charge in [-0.1, -0.05) is 53.4 Å². The molecule has 2 N–H and O–H groups in total. The first kappa shape index (κ1) is 17.5. The molecule has 0 aliphatic heterocycles. The largest absolute Gasteiger partial charge is 0.465 e. The van der Waals surface area contributed by atoms with E-state index in [1.807, 2.05) is 0 Å². The van der Waals surface area contributed by atoms with Crippen molar-refractivity contribution in [3.8, 4) is 0 Å². The van der Waals surface area contributed by atoms with E-state index < -0.39 is 0 Å². The van der Waals surface area contributed by atoms with Gasteiger partial charge < -0.3 is 10.5 Å². The number of esters is 1. The van der Waals surface area contributed by atoms with Crippen LogP contribution >= 0.6 is 0 Å². The molecule has 1 aliphatic rings. The van der Waals surface area contributed by atoms with Gasteiger partial charge in [0.05, 0.1) is 12.5 Å². The predicted molar refractivity (Wildman–Crippen MR) is 83.4 cm³/mol. The first-order chi connectivity index (χ1) is 9.41. The minimum atomic E-state index is -0.0586. The molecular formula is C17H33NO2. The number of rotatable bonds is 7. The van der Waals surface area contributed by atoms with Crippen molar-refractivity contribution in [1.82, 2.24) is 0 Å². The van der Waals surface area contributed by atoms with Crippen LogP contribution in [0.3, 0.4) is 0 Å². The summed E-state index contributed by atoms with van der Waals surface area (Å²) in [7, 11) is 0. The fourth-order valence-electron chi connectivity index (χ4n) is 3.25. The van der Waals surface area contributed by atoms with Crippen LogP contribution in [0.4, 0.5) is 0 Å². The lowest BCUT2D eigenvalue weighted by molar-refractivity contribution is -0.157. The third-order valence-corrected chi connectivity index (χ3v) is 5.28. The number of carbonyl (C=O) groups is 1. The van der Waals surface area contributed by atoms with Crippen molar-refractivity contribution in [2.45, 2.75) is 78.7 Å². The molecule has 20 heavy (non-hydrogen) atoms. The maximum Gasteiger partial charge on any atom is 0.309 e. The molecule has 1 aliphatic carbocycles. The second kappa shape index (κ2) is 8.02. The summed E-state index contributed by atoms with van der Waals surface area (Å²) in [6, 6.07) is 0.211. The molecule has 0 aromatic heterocycles. The Morgan fingerprint density at radius 2 is 1.85 bits per heavy atom. The first-order valence-corrected chi connectivity index (χ1v) is 8.33. The van der Waals surface area contributed by atoms with Gasteiger partial charge in [-0.05, 0) is 30.6 Å². The molecule has 3 unspecified atom stereocenters. The van der Waals surface area contributed by atoms with Gasteiger partial charge in [-0.3, -0.25) is 4.79 Å². The molecule has 0 aromatic rings.